The minimum Gasteiger partial charge on any atom is -0.378 e. The third kappa shape index (κ3) is 4.31. The van der Waals surface area contributed by atoms with Gasteiger partial charge in [-0.25, -0.2) is 0 Å². The van der Waals surface area contributed by atoms with Crippen LogP contribution in [0, 0.1) is 10.1 Å². The zero-order valence-electron chi connectivity index (χ0n) is 16.2. The first-order valence-electron chi connectivity index (χ1n) is 9.52. The van der Waals surface area contributed by atoms with Crippen LogP contribution < -0.4 is 10.2 Å². The highest BCUT2D eigenvalue weighted by Gasteiger charge is 2.23. The topological polar surface area (TPSA) is 84.7 Å². The summed E-state index contributed by atoms with van der Waals surface area (Å²) in [5.41, 5.74) is 2.68. The molecule has 2 aromatic rings. The van der Waals surface area contributed by atoms with Gasteiger partial charge in [-0.05, 0) is 30.0 Å². The lowest BCUT2D eigenvalue weighted by Gasteiger charge is -2.30. The van der Waals surface area contributed by atoms with Gasteiger partial charge in [0.15, 0.2) is 0 Å². The van der Waals surface area contributed by atoms with Gasteiger partial charge in [0.1, 0.15) is 0 Å². The number of carbonyl (C=O) groups excluding carboxylic acids is 1. The molecule has 0 bridgehead atoms. The molecule has 7 heteroatoms. The van der Waals surface area contributed by atoms with Gasteiger partial charge in [0, 0.05) is 30.9 Å². The minimum absolute atomic E-state index is 0.0997. The maximum Gasteiger partial charge on any atom is 0.270 e. The molecule has 7 nitrogen and oxygen atoms in total. The van der Waals surface area contributed by atoms with E-state index in [1.165, 1.54) is 12.1 Å². The van der Waals surface area contributed by atoms with Crippen molar-refractivity contribution < 1.29 is 14.5 Å². The third-order valence-corrected chi connectivity index (χ3v) is 5.14. The van der Waals surface area contributed by atoms with Crippen LogP contribution in [0.4, 0.5) is 17.1 Å². The normalized spacial score (nSPS) is 15.1. The number of rotatable bonds is 6. The van der Waals surface area contributed by atoms with E-state index < -0.39 is 4.92 Å². The fraction of sp³-hybridized carbons (Fsp3) is 0.381. The van der Waals surface area contributed by atoms with E-state index in [0.29, 0.717) is 43.5 Å². The first-order chi connectivity index (χ1) is 13.5. The average molecular weight is 383 g/mol. The van der Waals surface area contributed by atoms with Crippen LogP contribution in [0.3, 0.4) is 0 Å². The number of para-hydroxylation sites is 1. The molecule has 1 amide bonds. The van der Waals surface area contributed by atoms with Gasteiger partial charge in [-0.3, -0.25) is 14.9 Å². The Labute approximate surface area is 164 Å². The predicted molar refractivity (Wildman–Crippen MR) is 109 cm³/mol. The quantitative estimate of drug-likeness (QED) is 0.597. The number of hydrogen-bond donors (Lipinski definition) is 1. The Kier molecular flexibility index (Phi) is 6.26. The highest BCUT2D eigenvalue weighted by molar-refractivity contribution is 6.09. The Balaban J connectivity index is 1.96. The summed E-state index contributed by atoms with van der Waals surface area (Å²) < 4.78 is 5.38. The molecule has 1 heterocycles. The predicted octanol–water partition coefficient (Wildman–Crippen LogP) is 4.20. The van der Waals surface area contributed by atoms with Crippen molar-refractivity contribution in [2.45, 2.75) is 26.2 Å². The highest BCUT2D eigenvalue weighted by atomic mass is 16.6. The molecule has 1 N–H and O–H groups in total. The number of anilines is 2. The molecule has 148 valence electrons. The van der Waals surface area contributed by atoms with Crippen molar-refractivity contribution >= 4 is 23.0 Å². The Morgan fingerprint density at radius 3 is 2.64 bits per heavy atom. The lowest BCUT2D eigenvalue weighted by atomic mass is 9.96. The minimum atomic E-state index is -0.479. The summed E-state index contributed by atoms with van der Waals surface area (Å²) in [5.74, 6) is -0.0544. The lowest BCUT2D eigenvalue weighted by molar-refractivity contribution is -0.384. The standard InChI is InChI=1S/C21H25N3O4/c1-3-15(2)17-6-4-5-7-19(17)22-21(25)18-14-16(24(26)27)8-9-20(18)23-10-12-28-13-11-23/h4-9,14-15H,3,10-13H2,1-2H3,(H,22,25). The SMILES string of the molecule is CCC(C)c1ccccc1NC(=O)c1cc([N+](=O)[O-])ccc1N1CCOCC1. The number of hydrogen-bond acceptors (Lipinski definition) is 5. The number of morpholine rings is 1. The van der Waals surface area contributed by atoms with E-state index in [1.807, 2.05) is 29.2 Å². The van der Waals surface area contributed by atoms with Gasteiger partial charge >= 0.3 is 0 Å². The van der Waals surface area contributed by atoms with Crippen LogP contribution in [0.5, 0.6) is 0 Å². The van der Waals surface area contributed by atoms with Crippen LogP contribution in [0.25, 0.3) is 0 Å². The number of nitrogens with zero attached hydrogens (tertiary/aromatic N) is 2. The van der Waals surface area contributed by atoms with E-state index in [4.69, 9.17) is 4.74 Å². The van der Waals surface area contributed by atoms with E-state index in [2.05, 4.69) is 19.2 Å². The Morgan fingerprint density at radius 1 is 1.25 bits per heavy atom. The molecule has 1 atom stereocenters. The molecule has 1 aliphatic heterocycles. The van der Waals surface area contributed by atoms with E-state index in [9.17, 15) is 14.9 Å². The number of benzene rings is 2. The molecule has 0 saturated carbocycles. The van der Waals surface area contributed by atoms with Crippen LogP contribution in [0.15, 0.2) is 42.5 Å². The van der Waals surface area contributed by atoms with Gasteiger partial charge < -0.3 is 15.0 Å². The van der Waals surface area contributed by atoms with Crippen molar-refractivity contribution in [3.63, 3.8) is 0 Å². The summed E-state index contributed by atoms with van der Waals surface area (Å²) in [4.78, 5) is 25.9. The molecule has 1 unspecified atom stereocenters. The maximum absolute atomic E-state index is 13.1. The number of non-ortho nitro benzene ring substituents is 1. The van der Waals surface area contributed by atoms with E-state index in [1.54, 1.807) is 6.07 Å². The molecule has 0 aromatic heterocycles. The first-order valence-corrected chi connectivity index (χ1v) is 9.52. The summed E-state index contributed by atoms with van der Waals surface area (Å²) in [6.07, 6.45) is 0.947. The smallest absolute Gasteiger partial charge is 0.270 e. The molecule has 2 aromatic carbocycles. The molecular formula is C21H25N3O4. The zero-order valence-corrected chi connectivity index (χ0v) is 16.2. The molecule has 0 aliphatic carbocycles. The van der Waals surface area contributed by atoms with Gasteiger partial charge in [-0.2, -0.15) is 0 Å². The van der Waals surface area contributed by atoms with Crippen LogP contribution in [-0.4, -0.2) is 37.1 Å². The first kappa shape index (κ1) is 19.8. The van der Waals surface area contributed by atoms with Crippen LogP contribution in [0.1, 0.15) is 42.1 Å². The summed E-state index contributed by atoms with van der Waals surface area (Å²) in [5, 5.41) is 14.2. The van der Waals surface area contributed by atoms with Crippen molar-refractivity contribution in [1.29, 1.82) is 0 Å². The van der Waals surface area contributed by atoms with Crippen molar-refractivity contribution in [3.05, 3.63) is 63.7 Å². The maximum atomic E-state index is 13.1. The average Bonchev–Trinajstić information content (AvgIpc) is 2.73. The van der Waals surface area contributed by atoms with Crippen molar-refractivity contribution in [1.82, 2.24) is 0 Å². The van der Waals surface area contributed by atoms with E-state index in [0.717, 1.165) is 17.7 Å². The molecule has 28 heavy (non-hydrogen) atoms. The third-order valence-electron chi connectivity index (χ3n) is 5.14. The summed E-state index contributed by atoms with van der Waals surface area (Å²) in [7, 11) is 0. The fourth-order valence-electron chi connectivity index (χ4n) is 3.35. The van der Waals surface area contributed by atoms with Crippen LogP contribution in [0.2, 0.25) is 0 Å². The Morgan fingerprint density at radius 2 is 1.96 bits per heavy atom. The van der Waals surface area contributed by atoms with Gasteiger partial charge in [-0.1, -0.05) is 32.0 Å². The molecule has 1 fully saturated rings. The van der Waals surface area contributed by atoms with E-state index in [-0.39, 0.29) is 11.6 Å². The molecule has 1 aliphatic rings. The zero-order chi connectivity index (χ0) is 20.1. The summed E-state index contributed by atoms with van der Waals surface area (Å²) in [6.45, 7) is 6.62. The van der Waals surface area contributed by atoms with Gasteiger partial charge in [-0.15, -0.1) is 0 Å². The number of amides is 1. The fourth-order valence-corrected chi connectivity index (χ4v) is 3.35. The van der Waals surface area contributed by atoms with Crippen molar-refractivity contribution in [2.75, 3.05) is 36.5 Å². The summed E-state index contributed by atoms with van der Waals surface area (Å²) >= 11 is 0. The second-order valence-corrected chi connectivity index (χ2v) is 6.91. The highest BCUT2D eigenvalue weighted by Crippen LogP contribution is 2.30. The van der Waals surface area contributed by atoms with Gasteiger partial charge in [0.05, 0.1) is 29.4 Å². The Hall–Kier alpha value is -2.93. The monoisotopic (exact) mass is 383 g/mol. The summed E-state index contributed by atoms with van der Waals surface area (Å²) in [6, 6.07) is 12.1. The van der Waals surface area contributed by atoms with E-state index >= 15 is 0 Å². The molecular weight excluding hydrogens is 358 g/mol. The number of carbonyl (C=O) groups is 1. The van der Waals surface area contributed by atoms with Gasteiger partial charge in [0.25, 0.3) is 11.6 Å². The number of nitrogens with one attached hydrogen (secondary N) is 1. The van der Waals surface area contributed by atoms with Crippen LogP contribution in [-0.2, 0) is 4.74 Å². The number of nitro groups is 1. The van der Waals surface area contributed by atoms with Crippen molar-refractivity contribution in [3.8, 4) is 0 Å². The number of ether oxygens (including phenoxy) is 1. The van der Waals surface area contributed by atoms with Gasteiger partial charge in [0.2, 0.25) is 0 Å². The largest absolute Gasteiger partial charge is 0.378 e. The van der Waals surface area contributed by atoms with Crippen molar-refractivity contribution in [2.24, 2.45) is 0 Å². The Bertz CT molecular complexity index is 862. The molecule has 0 spiro atoms. The lowest BCUT2D eigenvalue weighted by Crippen LogP contribution is -2.37. The second kappa shape index (κ2) is 8.84. The second-order valence-electron chi connectivity index (χ2n) is 6.91. The molecule has 3 rings (SSSR count). The molecule has 1 saturated heterocycles. The number of nitro benzene ring substituents is 1. The molecule has 0 radical (unpaired) electrons. The van der Waals surface area contributed by atoms with Crippen LogP contribution >= 0.6 is 0 Å².